The molecule has 122 valence electrons. The summed E-state index contributed by atoms with van der Waals surface area (Å²) in [5.41, 5.74) is 3.52. The maximum Gasteiger partial charge on any atom is 0.224 e. The topological polar surface area (TPSA) is 88.4 Å². The Bertz CT molecular complexity index is 888. The minimum absolute atomic E-state index is 0.00826. The van der Waals surface area contributed by atoms with Crippen LogP contribution in [0.4, 0.5) is 11.4 Å². The number of fused-ring (bicyclic) bond motifs is 1. The van der Waals surface area contributed by atoms with Crippen LogP contribution in [0, 0.1) is 0 Å². The quantitative estimate of drug-likeness (QED) is 0.683. The van der Waals surface area contributed by atoms with Gasteiger partial charge in [0, 0.05) is 23.9 Å². The van der Waals surface area contributed by atoms with Crippen LogP contribution in [0.5, 0.6) is 0 Å². The Morgan fingerprint density at radius 3 is 3.00 bits per heavy atom. The van der Waals surface area contributed by atoms with Crippen molar-refractivity contribution in [2.45, 2.75) is 19.8 Å². The first-order valence-electron chi connectivity index (χ1n) is 7.66. The van der Waals surface area contributed by atoms with Crippen LogP contribution < -0.4 is 10.6 Å². The van der Waals surface area contributed by atoms with Crippen LogP contribution in [-0.4, -0.2) is 26.9 Å². The third-order valence-corrected chi connectivity index (χ3v) is 3.53. The van der Waals surface area contributed by atoms with Gasteiger partial charge in [0.05, 0.1) is 11.9 Å². The predicted octanol–water partition coefficient (Wildman–Crippen LogP) is 2.70. The van der Waals surface area contributed by atoms with Gasteiger partial charge in [-0.15, -0.1) is 0 Å². The fourth-order valence-electron chi connectivity index (χ4n) is 2.48. The second-order valence-electron chi connectivity index (χ2n) is 5.26. The number of amides is 2. The van der Waals surface area contributed by atoms with E-state index in [-0.39, 0.29) is 5.91 Å². The van der Waals surface area contributed by atoms with Gasteiger partial charge >= 0.3 is 0 Å². The summed E-state index contributed by atoms with van der Waals surface area (Å²) >= 11 is 0. The van der Waals surface area contributed by atoms with Crippen molar-refractivity contribution in [2.75, 3.05) is 10.6 Å². The first-order valence-corrected chi connectivity index (χ1v) is 7.66. The van der Waals surface area contributed by atoms with Crippen molar-refractivity contribution in [3.8, 4) is 11.3 Å². The molecule has 3 aromatic rings. The molecule has 2 aromatic heterocycles. The molecule has 2 amide bonds. The second kappa shape index (κ2) is 6.91. The number of aromatic nitrogens is 3. The maximum absolute atomic E-state index is 11.8. The van der Waals surface area contributed by atoms with Gasteiger partial charge in [0.1, 0.15) is 5.69 Å². The number of carbonyl (C=O) groups is 2. The van der Waals surface area contributed by atoms with E-state index in [0.29, 0.717) is 24.2 Å². The molecule has 0 bridgehead atoms. The molecule has 0 saturated heterocycles. The average molecular weight is 323 g/mol. The van der Waals surface area contributed by atoms with E-state index in [0.717, 1.165) is 23.4 Å². The van der Waals surface area contributed by atoms with Gasteiger partial charge in [-0.3, -0.25) is 9.59 Å². The highest BCUT2D eigenvalue weighted by Crippen LogP contribution is 2.25. The summed E-state index contributed by atoms with van der Waals surface area (Å²) in [6.07, 6.45) is 5.09. The Morgan fingerprint density at radius 2 is 2.21 bits per heavy atom. The van der Waals surface area contributed by atoms with Crippen LogP contribution in [0.1, 0.15) is 19.8 Å². The number of nitrogens with one attached hydrogen (secondary N) is 2. The molecule has 7 nitrogen and oxygen atoms in total. The van der Waals surface area contributed by atoms with Crippen LogP contribution in [0.3, 0.4) is 0 Å². The zero-order valence-corrected chi connectivity index (χ0v) is 13.2. The molecule has 0 aliphatic carbocycles. The van der Waals surface area contributed by atoms with Crippen molar-refractivity contribution in [2.24, 2.45) is 0 Å². The van der Waals surface area contributed by atoms with E-state index >= 15 is 0 Å². The summed E-state index contributed by atoms with van der Waals surface area (Å²) in [5, 5.41) is 9.74. The summed E-state index contributed by atoms with van der Waals surface area (Å²) in [6.45, 7) is 1.96. The largest absolute Gasteiger partial charge is 0.326 e. The zero-order valence-electron chi connectivity index (χ0n) is 13.2. The molecule has 0 atom stereocenters. The lowest BCUT2D eigenvalue weighted by atomic mass is 10.1. The fourth-order valence-corrected chi connectivity index (χ4v) is 2.48. The second-order valence-corrected chi connectivity index (χ2v) is 5.26. The van der Waals surface area contributed by atoms with E-state index in [1.165, 1.54) is 0 Å². The van der Waals surface area contributed by atoms with Gasteiger partial charge in [-0.1, -0.05) is 19.1 Å². The Hall–Kier alpha value is -3.22. The van der Waals surface area contributed by atoms with Crippen molar-refractivity contribution in [1.29, 1.82) is 0 Å². The first kappa shape index (κ1) is 15.7. The van der Waals surface area contributed by atoms with E-state index < -0.39 is 0 Å². The lowest BCUT2D eigenvalue weighted by molar-refractivity contribution is -0.116. The number of rotatable bonds is 6. The highest BCUT2D eigenvalue weighted by atomic mass is 16.1. The van der Waals surface area contributed by atoms with Crippen molar-refractivity contribution in [3.63, 3.8) is 0 Å². The van der Waals surface area contributed by atoms with Crippen molar-refractivity contribution < 1.29 is 9.59 Å². The minimum Gasteiger partial charge on any atom is -0.326 e. The molecule has 3 rings (SSSR count). The molecule has 0 fully saturated rings. The van der Waals surface area contributed by atoms with Crippen LogP contribution >= 0.6 is 0 Å². The Balaban J connectivity index is 1.98. The molecule has 0 aliphatic rings. The van der Waals surface area contributed by atoms with Crippen molar-refractivity contribution in [3.05, 3.63) is 42.7 Å². The zero-order chi connectivity index (χ0) is 16.9. The number of hydrogen-bond acceptors (Lipinski definition) is 4. The van der Waals surface area contributed by atoms with Crippen molar-refractivity contribution >= 4 is 29.3 Å². The molecule has 0 unspecified atom stereocenters. The highest BCUT2D eigenvalue weighted by molar-refractivity contribution is 5.91. The molecular weight excluding hydrogens is 306 g/mol. The van der Waals surface area contributed by atoms with Crippen LogP contribution in [0.25, 0.3) is 16.9 Å². The standard InChI is InChI=1S/C17H17N5O2/c1-2-4-16(24)21-13-6-3-5-12(9-13)15-7-8-18-17-14(19-11-23)10-20-22(15)17/h3,5-11H,2,4H2,1H3,(H,19,23)(H,21,24). The molecule has 0 radical (unpaired) electrons. The lowest BCUT2D eigenvalue weighted by Crippen LogP contribution is -2.10. The van der Waals surface area contributed by atoms with Crippen molar-refractivity contribution in [1.82, 2.24) is 14.6 Å². The smallest absolute Gasteiger partial charge is 0.224 e. The Morgan fingerprint density at radius 1 is 1.33 bits per heavy atom. The molecule has 2 heterocycles. The molecule has 7 heteroatoms. The first-order chi connectivity index (χ1) is 11.7. The van der Waals surface area contributed by atoms with Gasteiger partial charge in [-0.05, 0) is 24.6 Å². The number of anilines is 2. The van der Waals surface area contributed by atoms with Gasteiger partial charge in [0.25, 0.3) is 0 Å². The van der Waals surface area contributed by atoms with Gasteiger partial charge in [-0.2, -0.15) is 5.10 Å². The number of hydrogen-bond donors (Lipinski definition) is 2. The molecule has 0 saturated carbocycles. The fraction of sp³-hybridized carbons (Fsp3) is 0.176. The molecule has 2 N–H and O–H groups in total. The molecule has 0 aliphatic heterocycles. The van der Waals surface area contributed by atoms with Crippen LogP contribution in [-0.2, 0) is 9.59 Å². The van der Waals surface area contributed by atoms with Gasteiger partial charge in [0.15, 0.2) is 5.65 Å². The number of nitrogens with zero attached hydrogens (tertiary/aromatic N) is 3. The maximum atomic E-state index is 11.8. The highest BCUT2D eigenvalue weighted by Gasteiger charge is 2.10. The average Bonchev–Trinajstić information content (AvgIpc) is 2.99. The van der Waals surface area contributed by atoms with Gasteiger partial charge < -0.3 is 10.6 Å². The molecule has 24 heavy (non-hydrogen) atoms. The Labute approximate surface area is 138 Å². The van der Waals surface area contributed by atoms with E-state index in [1.807, 2.05) is 37.3 Å². The summed E-state index contributed by atoms with van der Waals surface area (Å²) in [5.74, 6) is -0.00826. The molecular formula is C17H17N5O2. The van der Waals surface area contributed by atoms with Gasteiger partial charge in [0.2, 0.25) is 12.3 Å². The van der Waals surface area contributed by atoms with E-state index in [9.17, 15) is 9.59 Å². The monoisotopic (exact) mass is 323 g/mol. The van der Waals surface area contributed by atoms with E-state index in [2.05, 4.69) is 20.7 Å². The summed E-state index contributed by atoms with van der Waals surface area (Å²) < 4.78 is 1.65. The lowest BCUT2D eigenvalue weighted by Gasteiger charge is -2.08. The summed E-state index contributed by atoms with van der Waals surface area (Å²) in [6, 6.07) is 9.36. The summed E-state index contributed by atoms with van der Waals surface area (Å²) in [7, 11) is 0. The number of benzene rings is 1. The third-order valence-electron chi connectivity index (χ3n) is 3.53. The summed E-state index contributed by atoms with van der Waals surface area (Å²) in [4.78, 5) is 26.7. The predicted molar refractivity (Wildman–Crippen MR) is 91.6 cm³/mol. The number of carbonyl (C=O) groups excluding carboxylic acids is 2. The van der Waals surface area contributed by atoms with E-state index in [4.69, 9.17) is 0 Å². The minimum atomic E-state index is -0.00826. The van der Waals surface area contributed by atoms with Crippen LogP contribution in [0.15, 0.2) is 42.7 Å². The molecule has 1 aromatic carbocycles. The third kappa shape index (κ3) is 3.10. The Kier molecular flexibility index (Phi) is 4.51. The molecule has 0 spiro atoms. The SMILES string of the molecule is CCCC(=O)Nc1cccc(-c2ccnc3c(NC=O)cnn23)c1. The normalized spacial score (nSPS) is 10.5. The van der Waals surface area contributed by atoms with E-state index in [1.54, 1.807) is 16.9 Å². The van der Waals surface area contributed by atoms with Gasteiger partial charge in [-0.25, -0.2) is 9.50 Å². The van der Waals surface area contributed by atoms with Crippen LogP contribution in [0.2, 0.25) is 0 Å².